The zero-order valence-electron chi connectivity index (χ0n) is 13.8. The van der Waals surface area contributed by atoms with E-state index in [1.807, 2.05) is 11.1 Å². The predicted molar refractivity (Wildman–Crippen MR) is 85.5 cm³/mol. The summed E-state index contributed by atoms with van der Waals surface area (Å²) < 4.78 is 0. The molecule has 4 aliphatic carbocycles. The van der Waals surface area contributed by atoms with Crippen molar-refractivity contribution in [3.8, 4) is 0 Å². The van der Waals surface area contributed by atoms with Crippen molar-refractivity contribution in [3.63, 3.8) is 0 Å². The van der Waals surface area contributed by atoms with Crippen LogP contribution in [0.25, 0.3) is 0 Å². The topological polar surface area (TPSA) is 0 Å². The van der Waals surface area contributed by atoms with E-state index in [0.717, 1.165) is 29.6 Å². The molecule has 112 valence electrons. The third-order valence-corrected chi connectivity index (χ3v) is 7.43. The quantitative estimate of drug-likeness (QED) is 0.476. The summed E-state index contributed by atoms with van der Waals surface area (Å²) in [6.07, 6.45) is 13.5. The third-order valence-electron chi connectivity index (χ3n) is 7.43. The van der Waals surface area contributed by atoms with Crippen LogP contribution in [-0.2, 0) is 0 Å². The van der Waals surface area contributed by atoms with Crippen LogP contribution in [-0.4, -0.2) is 0 Å². The second-order valence-electron chi connectivity index (χ2n) is 9.24. The van der Waals surface area contributed by atoms with Crippen LogP contribution < -0.4 is 0 Å². The van der Waals surface area contributed by atoms with Gasteiger partial charge in [0.15, 0.2) is 0 Å². The Labute approximate surface area is 125 Å². The van der Waals surface area contributed by atoms with Crippen LogP contribution in [0.15, 0.2) is 11.1 Å². The van der Waals surface area contributed by atoms with Crippen LogP contribution in [0, 0.1) is 35.0 Å². The van der Waals surface area contributed by atoms with E-state index < -0.39 is 0 Å². The summed E-state index contributed by atoms with van der Waals surface area (Å²) in [7, 11) is 0. The lowest BCUT2D eigenvalue weighted by atomic mass is 9.62. The molecule has 2 fully saturated rings. The summed E-state index contributed by atoms with van der Waals surface area (Å²) in [5.41, 5.74) is 4.54. The van der Waals surface area contributed by atoms with E-state index in [1.165, 1.54) is 44.9 Å². The Bertz CT molecular complexity index is 427. The normalized spacial score (nSPS) is 46.6. The van der Waals surface area contributed by atoms with Crippen molar-refractivity contribution in [2.75, 3.05) is 0 Å². The zero-order valence-corrected chi connectivity index (χ0v) is 13.8. The van der Waals surface area contributed by atoms with Crippen molar-refractivity contribution < 1.29 is 0 Å². The van der Waals surface area contributed by atoms with Crippen LogP contribution in [0.2, 0.25) is 0 Å². The summed E-state index contributed by atoms with van der Waals surface area (Å²) in [4.78, 5) is 0. The monoisotopic (exact) mass is 272 g/mol. The van der Waals surface area contributed by atoms with Gasteiger partial charge in [0.25, 0.3) is 0 Å². The van der Waals surface area contributed by atoms with Crippen molar-refractivity contribution >= 4 is 0 Å². The van der Waals surface area contributed by atoms with Crippen LogP contribution in [0.1, 0.15) is 78.6 Å². The Balaban J connectivity index is 1.73. The molecule has 0 bridgehead atoms. The van der Waals surface area contributed by atoms with E-state index in [9.17, 15) is 0 Å². The first-order chi connectivity index (χ1) is 9.55. The van der Waals surface area contributed by atoms with Crippen molar-refractivity contribution in [1.29, 1.82) is 0 Å². The third kappa shape index (κ3) is 2.01. The average molecular weight is 272 g/mol. The number of rotatable bonds is 0. The second-order valence-corrected chi connectivity index (χ2v) is 9.24. The Morgan fingerprint density at radius 1 is 0.950 bits per heavy atom. The first kappa shape index (κ1) is 13.4. The fourth-order valence-corrected chi connectivity index (χ4v) is 6.58. The van der Waals surface area contributed by atoms with Crippen molar-refractivity contribution in [2.24, 2.45) is 35.0 Å². The van der Waals surface area contributed by atoms with Crippen LogP contribution in [0.5, 0.6) is 0 Å². The zero-order chi connectivity index (χ0) is 13.9. The first-order valence-electron chi connectivity index (χ1n) is 9.27. The van der Waals surface area contributed by atoms with Gasteiger partial charge in [0.1, 0.15) is 0 Å². The van der Waals surface area contributed by atoms with E-state index in [4.69, 9.17) is 0 Å². The molecule has 0 aliphatic heterocycles. The molecule has 0 spiro atoms. The van der Waals surface area contributed by atoms with Gasteiger partial charge in [-0.05, 0) is 92.8 Å². The number of hydrogen-bond donors (Lipinski definition) is 0. The van der Waals surface area contributed by atoms with Crippen LogP contribution >= 0.6 is 0 Å². The average Bonchev–Trinajstić information content (AvgIpc) is 2.71. The molecule has 5 atom stereocenters. The molecule has 2 saturated carbocycles. The molecule has 0 saturated heterocycles. The number of allylic oxidation sites excluding steroid dienone is 2. The van der Waals surface area contributed by atoms with E-state index in [-0.39, 0.29) is 0 Å². The van der Waals surface area contributed by atoms with Gasteiger partial charge in [-0.1, -0.05) is 31.9 Å². The van der Waals surface area contributed by atoms with Crippen molar-refractivity contribution in [3.05, 3.63) is 11.1 Å². The molecule has 0 heteroatoms. The van der Waals surface area contributed by atoms with Crippen LogP contribution in [0.4, 0.5) is 0 Å². The first-order valence-corrected chi connectivity index (χ1v) is 9.27. The van der Waals surface area contributed by atoms with Gasteiger partial charge in [-0.3, -0.25) is 0 Å². The maximum Gasteiger partial charge on any atom is -0.0166 e. The second kappa shape index (κ2) is 4.62. The van der Waals surface area contributed by atoms with E-state index >= 15 is 0 Å². The van der Waals surface area contributed by atoms with Crippen molar-refractivity contribution in [1.82, 2.24) is 0 Å². The van der Waals surface area contributed by atoms with Gasteiger partial charge in [0.05, 0.1) is 0 Å². The minimum Gasteiger partial charge on any atom is -0.0676 e. The molecule has 0 aromatic carbocycles. The van der Waals surface area contributed by atoms with E-state index in [0.29, 0.717) is 5.41 Å². The largest absolute Gasteiger partial charge is 0.0676 e. The molecule has 0 N–H and O–H groups in total. The molecule has 5 unspecified atom stereocenters. The molecular formula is C20H32. The summed E-state index contributed by atoms with van der Waals surface area (Å²) in [5.74, 6) is 5.13. The summed E-state index contributed by atoms with van der Waals surface area (Å²) in [6, 6.07) is 0. The molecular weight excluding hydrogens is 240 g/mol. The molecule has 0 aromatic heterocycles. The van der Waals surface area contributed by atoms with Gasteiger partial charge in [-0.2, -0.15) is 0 Å². The highest BCUT2D eigenvalue weighted by molar-refractivity contribution is 5.28. The SMILES string of the molecule is CC1CCCC2=C1CC1CCC3CC(C)(C)CCC2C13. The van der Waals surface area contributed by atoms with E-state index in [1.54, 1.807) is 12.8 Å². The molecule has 4 aliphatic rings. The predicted octanol–water partition coefficient (Wildman–Crippen LogP) is 5.98. The minimum atomic E-state index is 0.609. The van der Waals surface area contributed by atoms with Gasteiger partial charge in [-0.25, -0.2) is 0 Å². The fourth-order valence-electron chi connectivity index (χ4n) is 6.58. The highest BCUT2D eigenvalue weighted by Crippen LogP contribution is 2.60. The molecule has 20 heavy (non-hydrogen) atoms. The number of fused-ring (bicyclic) bond motifs is 1. The summed E-state index contributed by atoms with van der Waals surface area (Å²) in [5, 5.41) is 0. The van der Waals surface area contributed by atoms with Gasteiger partial charge in [0, 0.05) is 0 Å². The smallest absolute Gasteiger partial charge is 0.0166 e. The number of hydrogen-bond acceptors (Lipinski definition) is 0. The molecule has 0 nitrogen and oxygen atoms in total. The molecule has 4 rings (SSSR count). The van der Waals surface area contributed by atoms with Gasteiger partial charge >= 0.3 is 0 Å². The Morgan fingerprint density at radius 2 is 1.75 bits per heavy atom. The van der Waals surface area contributed by atoms with Crippen LogP contribution in [0.3, 0.4) is 0 Å². The maximum absolute atomic E-state index is 2.54. The standard InChI is InChI=1S/C20H32/c1-13-5-4-6-16-17-9-10-20(2,3)12-15-8-7-14(19(15)17)11-18(13)16/h13-15,17,19H,4-12H2,1-3H3. The minimum absolute atomic E-state index is 0.609. The molecule has 0 aromatic rings. The molecule has 0 radical (unpaired) electrons. The molecule has 0 amide bonds. The lowest BCUT2D eigenvalue weighted by Gasteiger charge is -2.43. The highest BCUT2D eigenvalue weighted by atomic mass is 14.5. The Morgan fingerprint density at radius 3 is 2.60 bits per heavy atom. The van der Waals surface area contributed by atoms with Gasteiger partial charge in [-0.15, -0.1) is 0 Å². The summed E-state index contributed by atoms with van der Waals surface area (Å²) in [6.45, 7) is 7.59. The van der Waals surface area contributed by atoms with Crippen molar-refractivity contribution in [2.45, 2.75) is 78.6 Å². The lowest BCUT2D eigenvalue weighted by Crippen LogP contribution is -2.33. The summed E-state index contributed by atoms with van der Waals surface area (Å²) >= 11 is 0. The Hall–Kier alpha value is -0.260. The van der Waals surface area contributed by atoms with Gasteiger partial charge in [0.2, 0.25) is 0 Å². The lowest BCUT2D eigenvalue weighted by molar-refractivity contribution is 0.187. The Kier molecular flexibility index (Phi) is 3.09. The fraction of sp³-hybridized carbons (Fsp3) is 0.900. The maximum atomic E-state index is 2.54. The van der Waals surface area contributed by atoms with E-state index in [2.05, 4.69) is 20.8 Å². The highest BCUT2D eigenvalue weighted by Gasteiger charge is 2.49. The van der Waals surface area contributed by atoms with Gasteiger partial charge < -0.3 is 0 Å². The molecule has 0 heterocycles.